The average molecular weight is 621 g/mol. The van der Waals surface area contributed by atoms with Crippen LogP contribution in [-0.2, 0) is 27.4 Å². The number of urea groups is 1. The van der Waals surface area contributed by atoms with Crippen molar-refractivity contribution in [2.24, 2.45) is 0 Å². The Morgan fingerprint density at radius 2 is 1.77 bits per heavy atom. The lowest BCUT2D eigenvalue weighted by Gasteiger charge is -2.36. The topological polar surface area (TPSA) is 103 Å². The summed E-state index contributed by atoms with van der Waals surface area (Å²) in [4.78, 5) is 22.0. The summed E-state index contributed by atoms with van der Waals surface area (Å²) in [5, 5.41) is 0.908. The van der Waals surface area contributed by atoms with Gasteiger partial charge in [-0.2, -0.15) is 8.42 Å². The van der Waals surface area contributed by atoms with E-state index in [1.807, 2.05) is 52.9 Å². The van der Waals surface area contributed by atoms with Gasteiger partial charge in [-0.15, -0.1) is 0 Å². The summed E-state index contributed by atoms with van der Waals surface area (Å²) in [6.45, 7) is 6.60. The largest absolute Gasteiger partial charge is 0.493 e. The van der Waals surface area contributed by atoms with Crippen LogP contribution in [-0.4, -0.2) is 62.3 Å². The van der Waals surface area contributed by atoms with Crippen LogP contribution in [0.2, 0.25) is 0 Å². The number of carbonyl (C=O) groups is 1. The summed E-state index contributed by atoms with van der Waals surface area (Å²) >= 11 is 0. The minimum absolute atomic E-state index is 0.0301. The monoisotopic (exact) mass is 620 g/mol. The molecule has 11 heteroatoms. The van der Waals surface area contributed by atoms with Crippen LogP contribution in [0.15, 0.2) is 71.9 Å². The highest BCUT2D eigenvalue weighted by molar-refractivity contribution is 7.86. The minimum Gasteiger partial charge on any atom is -0.493 e. The number of hydrogen-bond acceptors (Lipinski definition) is 7. The third kappa shape index (κ3) is 7.16. The van der Waals surface area contributed by atoms with E-state index in [-0.39, 0.29) is 17.5 Å². The second-order valence-corrected chi connectivity index (χ2v) is 12.5. The quantitative estimate of drug-likeness (QED) is 0.123. The lowest BCUT2D eigenvalue weighted by molar-refractivity contribution is 0.192. The standard InChI is InChI=1S/C33H40N4O6S/c1-4-5-6-21-42-31-23-27(10-13-30(31)41-3)37-18-7-17-36(33(37)38)24-26-14-16-34-32-29(26)15-19-35(32)20-22-43-44(39,40)28-11-8-25(2)9-12-28/h8-16,19,23H,4-7,17-18,20-22,24H2,1-3H3. The molecule has 0 N–H and O–H groups in total. The highest BCUT2D eigenvalue weighted by Gasteiger charge is 2.28. The molecule has 0 bridgehead atoms. The molecule has 0 spiro atoms. The number of aromatic nitrogens is 2. The van der Waals surface area contributed by atoms with Crippen LogP contribution in [0, 0.1) is 6.92 Å². The fraction of sp³-hybridized carbons (Fsp3) is 0.394. The lowest BCUT2D eigenvalue weighted by atomic mass is 10.1. The third-order valence-electron chi connectivity index (χ3n) is 7.77. The molecule has 2 aromatic carbocycles. The number of methoxy groups -OCH3 is 1. The summed E-state index contributed by atoms with van der Waals surface area (Å²) < 4.78 is 43.9. The zero-order chi connectivity index (χ0) is 31.1. The number of benzene rings is 2. The molecule has 44 heavy (non-hydrogen) atoms. The molecule has 4 aromatic rings. The van der Waals surface area contributed by atoms with E-state index in [0.29, 0.717) is 49.9 Å². The second-order valence-electron chi connectivity index (χ2n) is 10.9. The van der Waals surface area contributed by atoms with Gasteiger partial charge in [0.15, 0.2) is 11.5 Å². The van der Waals surface area contributed by atoms with Gasteiger partial charge in [0.2, 0.25) is 0 Å². The van der Waals surface area contributed by atoms with Gasteiger partial charge in [0.1, 0.15) is 5.65 Å². The maximum Gasteiger partial charge on any atom is 0.324 e. The predicted molar refractivity (Wildman–Crippen MR) is 170 cm³/mol. The predicted octanol–water partition coefficient (Wildman–Crippen LogP) is 6.16. The molecular weight excluding hydrogens is 580 g/mol. The van der Waals surface area contributed by atoms with Gasteiger partial charge in [0, 0.05) is 55.7 Å². The summed E-state index contributed by atoms with van der Waals surface area (Å²) in [5.74, 6) is 1.28. The van der Waals surface area contributed by atoms with Crippen molar-refractivity contribution in [3.8, 4) is 11.5 Å². The number of ether oxygens (including phenoxy) is 2. The van der Waals surface area contributed by atoms with E-state index >= 15 is 0 Å². The summed E-state index contributed by atoms with van der Waals surface area (Å²) in [5.41, 5.74) is 3.42. The Morgan fingerprint density at radius 3 is 2.55 bits per heavy atom. The number of rotatable bonds is 14. The number of nitrogens with zero attached hydrogens (tertiary/aromatic N) is 4. The number of anilines is 1. The summed E-state index contributed by atoms with van der Waals surface area (Å²) in [6.07, 6.45) is 7.58. The van der Waals surface area contributed by atoms with Crippen LogP contribution < -0.4 is 14.4 Å². The SMILES string of the molecule is CCCCCOc1cc(N2CCCN(Cc3ccnc4c3ccn4CCOS(=O)(=O)c3ccc(C)cc3)C2=O)ccc1OC. The molecule has 10 nitrogen and oxygen atoms in total. The van der Waals surface area contributed by atoms with Crippen molar-refractivity contribution in [1.29, 1.82) is 0 Å². The Labute approximate surface area is 259 Å². The van der Waals surface area contributed by atoms with Gasteiger partial charge >= 0.3 is 6.03 Å². The van der Waals surface area contributed by atoms with E-state index in [2.05, 4.69) is 11.9 Å². The molecule has 1 saturated heterocycles. The van der Waals surface area contributed by atoms with E-state index in [1.165, 1.54) is 0 Å². The van der Waals surface area contributed by atoms with Gasteiger partial charge < -0.3 is 18.9 Å². The van der Waals surface area contributed by atoms with Gasteiger partial charge in [-0.05, 0) is 61.7 Å². The van der Waals surface area contributed by atoms with Crippen molar-refractivity contribution in [2.45, 2.75) is 57.5 Å². The van der Waals surface area contributed by atoms with Crippen LogP contribution in [0.1, 0.15) is 43.7 Å². The average Bonchev–Trinajstić information content (AvgIpc) is 3.44. The van der Waals surface area contributed by atoms with E-state index in [9.17, 15) is 13.2 Å². The highest BCUT2D eigenvalue weighted by Crippen LogP contribution is 2.34. The first-order valence-corrected chi connectivity index (χ1v) is 16.5. The molecule has 1 aliphatic rings. The third-order valence-corrected chi connectivity index (χ3v) is 9.10. The zero-order valence-corrected chi connectivity index (χ0v) is 26.4. The number of aryl methyl sites for hydroxylation is 1. The first-order valence-electron chi connectivity index (χ1n) is 15.1. The molecule has 2 amide bonds. The molecule has 3 heterocycles. The number of amides is 2. The summed E-state index contributed by atoms with van der Waals surface area (Å²) in [6, 6.07) is 16.0. The Morgan fingerprint density at radius 1 is 0.955 bits per heavy atom. The first-order chi connectivity index (χ1) is 21.3. The lowest BCUT2D eigenvalue weighted by Crippen LogP contribution is -2.49. The molecule has 0 radical (unpaired) electrons. The smallest absolute Gasteiger partial charge is 0.324 e. The number of pyridine rings is 1. The maximum absolute atomic E-state index is 13.7. The number of unbranched alkanes of at least 4 members (excludes halogenated alkanes) is 2. The van der Waals surface area contributed by atoms with Gasteiger partial charge in [-0.3, -0.25) is 9.08 Å². The van der Waals surface area contributed by atoms with Crippen molar-refractivity contribution in [1.82, 2.24) is 14.5 Å². The Bertz CT molecular complexity index is 1690. The molecule has 0 unspecified atom stereocenters. The van der Waals surface area contributed by atoms with E-state index in [1.54, 1.807) is 42.5 Å². The number of carbonyl (C=O) groups excluding carboxylic acids is 1. The molecule has 0 aliphatic carbocycles. The molecule has 5 rings (SSSR count). The first kappa shape index (κ1) is 31.3. The number of fused-ring (bicyclic) bond motifs is 1. The van der Waals surface area contributed by atoms with Crippen molar-refractivity contribution in [3.05, 3.63) is 78.1 Å². The van der Waals surface area contributed by atoms with Crippen molar-refractivity contribution < 1.29 is 26.9 Å². The second kappa shape index (κ2) is 14.1. The summed E-state index contributed by atoms with van der Waals surface area (Å²) in [7, 11) is -2.24. The van der Waals surface area contributed by atoms with Crippen LogP contribution in [0.25, 0.3) is 11.0 Å². The van der Waals surface area contributed by atoms with Crippen LogP contribution in [0.5, 0.6) is 11.5 Å². The van der Waals surface area contributed by atoms with Crippen LogP contribution in [0.3, 0.4) is 0 Å². The number of hydrogen-bond donors (Lipinski definition) is 0. The Hall–Kier alpha value is -4.09. The van der Waals surface area contributed by atoms with Crippen molar-refractivity contribution in [3.63, 3.8) is 0 Å². The molecule has 2 aromatic heterocycles. The maximum atomic E-state index is 13.7. The fourth-order valence-electron chi connectivity index (χ4n) is 5.34. The fourth-order valence-corrected chi connectivity index (χ4v) is 6.24. The van der Waals surface area contributed by atoms with Crippen LogP contribution in [0.4, 0.5) is 10.5 Å². The molecule has 0 saturated carbocycles. The van der Waals surface area contributed by atoms with Gasteiger partial charge in [-0.1, -0.05) is 37.5 Å². The molecular formula is C33H40N4O6S. The molecule has 234 valence electrons. The Kier molecular flexibility index (Phi) is 10.1. The molecule has 0 atom stereocenters. The van der Waals surface area contributed by atoms with Gasteiger partial charge in [0.05, 0.1) is 25.2 Å². The minimum atomic E-state index is -3.86. The van der Waals surface area contributed by atoms with E-state index in [0.717, 1.165) is 47.9 Å². The van der Waals surface area contributed by atoms with Gasteiger partial charge in [0.25, 0.3) is 10.1 Å². The normalized spacial score (nSPS) is 13.9. The highest BCUT2D eigenvalue weighted by atomic mass is 32.2. The molecule has 1 fully saturated rings. The van der Waals surface area contributed by atoms with Crippen molar-refractivity contribution in [2.75, 3.05) is 38.3 Å². The Balaban J connectivity index is 1.26. The van der Waals surface area contributed by atoms with Crippen molar-refractivity contribution >= 4 is 32.9 Å². The van der Waals surface area contributed by atoms with E-state index < -0.39 is 10.1 Å². The van der Waals surface area contributed by atoms with Crippen LogP contribution >= 0.6 is 0 Å². The van der Waals surface area contributed by atoms with Gasteiger partial charge in [-0.25, -0.2) is 9.78 Å². The van der Waals surface area contributed by atoms with E-state index in [4.69, 9.17) is 13.7 Å². The molecule has 1 aliphatic heterocycles. The zero-order valence-electron chi connectivity index (χ0n) is 25.6.